The number of imidazole rings is 1. The molecule has 0 spiro atoms. The highest BCUT2D eigenvalue weighted by atomic mass is 15.2. The standard InChI is InChI=1S/C21H19N9/c1-2-6-30(7-3-1)16-4-5-24-20-18(16)26-21(27-20)17-15-8-13(11-25-19(15)29-28-17)14-9-22-12-23-10-14/h4-5,8-12H,1-3,6-7H2,(H,24,26,27)(H,25,28,29). The predicted octanol–water partition coefficient (Wildman–Crippen LogP) is 3.34. The number of hydrogen-bond acceptors (Lipinski definition) is 7. The molecule has 5 aromatic rings. The summed E-state index contributed by atoms with van der Waals surface area (Å²) in [5.74, 6) is 0.677. The van der Waals surface area contributed by atoms with E-state index in [4.69, 9.17) is 4.98 Å². The van der Waals surface area contributed by atoms with E-state index in [9.17, 15) is 0 Å². The molecule has 30 heavy (non-hydrogen) atoms. The molecule has 0 aliphatic carbocycles. The van der Waals surface area contributed by atoms with Crippen LogP contribution in [0.3, 0.4) is 0 Å². The summed E-state index contributed by atoms with van der Waals surface area (Å²) in [4.78, 5) is 27.8. The molecule has 5 aromatic heterocycles. The molecule has 9 nitrogen and oxygen atoms in total. The van der Waals surface area contributed by atoms with Crippen LogP contribution in [0.5, 0.6) is 0 Å². The van der Waals surface area contributed by atoms with Gasteiger partial charge in [0.1, 0.15) is 17.5 Å². The number of fused-ring (bicyclic) bond motifs is 2. The molecule has 0 saturated carbocycles. The summed E-state index contributed by atoms with van der Waals surface area (Å²) in [6.45, 7) is 2.11. The average molecular weight is 397 g/mol. The minimum absolute atomic E-state index is 0.677. The van der Waals surface area contributed by atoms with Crippen molar-refractivity contribution in [2.45, 2.75) is 19.3 Å². The Bertz CT molecular complexity index is 1330. The van der Waals surface area contributed by atoms with Gasteiger partial charge in [-0.05, 0) is 31.4 Å². The summed E-state index contributed by atoms with van der Waals surface area (Å²) in [5, 5.41) is 8.37. The lowest BCUT2D eigenvalue weighted by Crippen LogP contribution is -2.29. The molecule has 2 N–H and O–H groups in total. The summed E-state index contributed by atoms with van der Waals surface area (Å²) in [6, 6.07) is 4.09. The van der Waals surface area contributed by atoms with Crippen LogP contribution in [0.4, 0.5) is 5.69 Å². The maximum absolute atomic E-state index is 4.89. The highest BCUT2D eigenvalue weighted by Crippen LogP contribution is 2.31. The second-order valence-corrected chi connectivity index (χ2v) is 7.48. The minimum Gasteiger partial charge on any atom is -0.370 e. The van der Waals surface area contributed by atoms with Crippen molar-refractivity contribution in [3.63, 3.8) is 0 Å². The summed E-state index contributed by atoms with van der Waals surface area (Å²) >= 11 is 0. The minimum atomic E-state index is 0.677. The predicted molar refractivity (Wildman–Crippen MR) is 114 cm³/mol. The Hall–Kier alpha value is -3.88. The molecule has 0 radical (unpaired) electrons. The average Bonchev–Trinajstić information content (AvgIpc) is 3.43. The van der Waals surface area contributed by atoms with Crippen LogP contribution in [-0.4, -0.2) is 53.2 Å². The van der Waals surface area contributed by atoms with Gasteiger partial charge < -0.3 is 9.88 Å². The Morgan fingerprint density at radius 3 is 2.63 bits per heavy atom. The Morgan fingerprint density at radius 1 is 0.900 bits per heavy atom. The first-order chi connectivity index (χ1) is 14.9. The summed E-state index contributed by atoms with van der Waals surface area (Å²) < 4.78 is 0. The van der Waals surface area contributed by atoms with Gasteiger partial charge in [-0.2, -0.15) is 5.10 Å². The Balaban J connectivity index is 1.47. The number of rotatable bonds is 3. The van der Waals surface area contributed by atoms with Crippen molar-refractivity contribution < 1.29 is 0 Å². The van der Waals surface area contributed by atoms with Gasteiger partial charge in [0.25, 0.3) is 0 Å². The Labute approximate surface area is 171 Å². The van der Waals surface area contributed by atoms with E-state index in [0.717, 1.165) is 52.1 Å². The lowest BCUT2D eigenvalue weighted by molar-refractivity contribution is 0.578. The van der Waals surface area contributed by atoms with E-state index in [1.165, 1.54) is 25.6 Å². The van der Waals surface area contributed by atoms with Gasteiger partial charge in [-0.3, -0.25) is 5.10 Å². The van der Waals surface area contributed by atoms with Crippen LogP contribution in [0.1, 0.15) is 19.3 Å². The van der Waals surface area contributed by atoms with Crippen molar-refractivity contribution in [1.82, 2.24) is 40.1 Å². The number of hydrogen-bond donors (Lipinski definition) is 2. The highest BCUT2D eigenvalue weighted by molar-refractivity contribution is 5.95. The van der Waals surface area contributed by atoms with Crippen LogP contribution < -0.4 is 4.90 Å². The number of aromatic amines is 2. The second kappa shape index (κ2) is 6.87. The van der Waals surface area contributed by atoms with Gasteiger partial charge in [-0.15, -0.1) is 0 Å². The second-order valence-electron chi connectivity index (χ2n) is 7.48. The Morgan fingerprint density at radius 2 is 1.77 bits per heavy atom. The van der Waals surface area contributed by atoms with Crippen LogP contribution in [-0.2, 0) is 0 Å². The van der Waals surface area contributed by atoms with Gasteiger partial charge in [0.05, 0.1) is 11.1 Å². The fraction of sp³-hybridized carbons (Fsp3) is 0.238. The van der Waals surface area contributed by atoms with Crippen LogP contribution in [0.2, 0.25) is 0 Å². The molecule has 6 rings (SSSR count). The van der Waals surface area contributed by atoms with E-state index in [0.29, 0.717) is 11.5 Å². The van der Waals surface area contributed by atoms with Crippen molar-refractivity contribution in [2.75, 3.05) is 18.0 Å². The topological polar surface area (TPSA) is 112 Å². The molecule has 1 aliphatic heterocycles. The van der Waals surface area contributed by atoms with Crippen LogP contribution in [0.15, 0.2) is 43.2 Å². The maximum atomic E-state index is 4.89. The fourth-order valence-corrected chi connectivity index (χ4v) is 4.09. The van der Waals surface area contributed by atoms with Crippen molar-refractivity contribution in [3.8, 4) is 22.6 Å². The summed E-state index contributed by atoms with van der Waals surface area (Å²) in [6.07, 6.45) is 12.4. The van der Waals surface area contributed by atoms with Crippen molar-refractivity contribution in [2.24, 2.45) is 0 Å². The van der Waals surface area contributed by atoms with E-state index in [1.807, 2.05) is 12.3 Å². The zero-order valence-electron chi connectivity index (χ0n) is 16.2. The molecule has 1 fully saturated rings. The van der Waals surface area contributed by atoms with E-state index < -0.39 is 0 Å². The van der Waals surface area contributed by atoms with E-state index in [-0.39, 0.29) is 0 Å². The van der Waals surface area contributed by atoms with Gasteiger partial charge in [-0.25, -0.2) is 24.9 Å². The monoisotopic (exact) mass is 397 g/mol. The number of nitrogens with zero attached hydrogens (tertiary/aromatic N) is 7. The normalized spacial score (nSPS) is 14.6. The third-order valence-corrected chi connectivity index (χ3v) is 5.59. The first-order valence-electron chi connectivity index (χ1n) is 10.1. The molecule has 1 aliphatic rings. The largest absolute Gasteiger partial charge is 0.370 e. The third kappa shape index (κ3) is 2.78. The van der Waals surface area contributed by atoms with E-state index in [1.54, 1.807) is 18.6 Å². The lowest BCUT2D eigenvalue weighted by atomic mass is 10.1. The molecular weight excluding hydrogens is 378 g/mol. The van der Waals surface area contributed by atoms with Gasteiger partial charge >= 0.3 is 0 Å². The van der Waals surface area contributed by atoms with E-state index in [2.05, 4.69) is 46.1 Å². The number of pyridine rings is 2. The molecule has 0 amide bonds. The molecule has 0 atom stereocenters. The number of anilines is 1. The maximum Gasteiger partial charge on any atom is 0.161 e. The van der Waals surface area contributed by atoms with E-state index >= 15 is 0 Å². The molecule has 0 aromatic carbocycles. The summed E-state index contributed by atoms with van der Waals surface area (Å²) in [5.41, 5.74) is 6.03. The lowest BCUT2D eigenvalue weighted by Gasteiger charge is -2.28. The molecule has 0 bridgehead atoms. The molecular formula is C21H19N9. The van der Waals surface area contributed by atoms with Crippen LogP contribution >= 0.6 is 0 Å². The molecule has 9 heteroatoms. The molecule has 6 heterocycles. The van der Waals surface area contributed by atoms with Crippen molar-refractivity contribution >= 4 is 27.9 Å². The number of aromatic nitrogens is 8. The van der Waals surface area contributed by atoms with Crippen molar-refractivity contribution in [1.29, 1.82) is 0 Å². The molecule has 0 unspecified atom stereocenters. The van der Waals surface area contributed by atoms with Crippen LogP contribution in [0.25, 0.3) is 44.8 Å². The SMILES string of the molecule is c1ncc(-c2cnc3[nH]nc(-c4nc5c(N6CCCCC6)ccnc5[nH]4)c3c2)cn1. The number of H-pyrrole nitrogens is 2. The molecule has 1 saturated heterocycles. The summed E-state index contributed by atoms with van der Waals surface area (Å²) in [7, 11) is 0. The van der Waals surface area contributed by atoms with Gasteiger partial charge in [-0.1, -0.05) is 0 Å². The Kier molecular flexibility index (Phi) is 3.90. The number of piperidine rings is 1. The third-order valence-electron chi connectivity index (χ3n) is 5.59. The first kappa shape index (κ1) is 17.0. The zero-order chi connectivity index (χ0) is 19.9. The molecule has 148 valence electrons. The van der Waals surface area contributed by atoms with Gasteiger partial charge in [0, 0.05) is 49.0 Å². The van der Waals surface area contributed by atoms with Gasteiger partial charge in [0.15, 0.2) is 17.1 Å². The van der Waals surface area contributed by atoms with Crippen LogP contribution in [0, 0.1) is 0 Å². The first-order valence-corrected chi connectivity index (χ1v) is 10.1. The van der Waals surface area contributed by atoms with Crippen molar-refractivity contribution in [3.05, 3.63) is 43.2 Å². The van der Waals surface area contributed by atoms with Gasteiger partial charge in [0.2, 0.25) is 0 Å². The quantitative estimate of drug-likeness (QED) is 0.480. The number of nitrogens with one attached hydrogen (secondary N) is 2. The zero-order valence-corrected chi connectivity index (χ0v) is 16.2. The fourth-order valence-electron chi connectivity index (χ4n) is 4.09. The highest BCUT2D eigenvalue weighted by Gasteiger charge is 2.19. The smallest absolute Gasteiger partial charge is 0.161 e.